The second kappa shape index (κ2) is 3.31. The molecule has 0 atom stereocenters. The minimum absolute atomic E-state index is 0.571. The van der Waals surface area contributed by atoms with Crippen molar-refractivity contribution >= 4 is 20.2 Å². The van der Waals surface area contributed by atoms with Crippen molar-refractivity contribution in [1.82, 2.24) is 0 Å². The van der Waals surface area contributed by atoms with Crippen LogP contribution in [0.1, 0.15) is 0 Å². The highest BCUT2D eigenvalue weighted by Crippen LogP contribution is 2.13. The first-order chi connectivity index (χ1) is 6.21. The Balaban J connectivity index is 3.44. The Bertz CT molecular complexity index is 494. The van der Waals surface area contributed by atoms with E-state index in [9.17, 15) is 16.8 Å². The Kier molecular flexibility index (Phi) is 2.63. The van der Waals surface area contributed by atoms with E-state index in [4.69, 9.17) is 9.11 Å². The predicted molar refractivity (Wildman–Crippen MR) is 43.7 cm³/mol. The van der Waals surface area contributed by atoms with Crippen molar-refractivity contribution in [2.45, 2.75) is 9.79 Å². The molecule has 1 aromatic rings. The van der Waals surface area contributed by atoms with Crippen LogP contribution in [0, 0.1) is 12.1 Å². The lowest BCUT2D eigenvalue weighted by molar-refractivity contribution is 0.481. The molecule has 0 bridgehead atoms. The lowest BCUT2D eigenvalue weighted by atomic mass is 10.4. The van der Waals surface area contributed by atoms with E-state index in [2.05, 4.69) is 0 Å². The third-order valence-electron chi connectivity index (χ3n) is 1.26. The van der Waals surface area contributed by atoms with E-state index in [0.717, 1.165) is 6.07 Å². The van der Waals surface area contributed by atoms with Gasteiger partial charge in [-0.2, -0.15) is 16.8 Å². The molecule has 0 aliphatic rings. The molecule has 0 spiro atoms. The quantitative estimate of drug-likeness (QED) is 0.687. The minimum atomic E-state index is -4.55. The minimum Gasteiger partial charge on any atom is -0.282 e. The first kappa shape index (κ1) is 11.1. The van der Waals surface area contributed by atoms with E-state index in [0.29, 0.717) is 6.07 Å². The van der Waals surface area contributed by atoms with Gasteiger partial charge < -0.3 is 0 Å². The van der Waals surface area contributed by atoms with Gasteiger partial charge in [0.15, 0.2) is 0 Å². The van der Waals surface area contributed by atoms with Gasteiger partial charge in [-0.05, 0) is 18.2 Å². The second-order valence-electron chi connectivity index (χ2n) is 2.27. The Labute approximate surface area is 80.7 Å². The summed E-state index contributed by atoms with van der Waals surface area (Å²) in [6.07, 6.45) is 0. The van der Waals surface area contributed by atoms with Crippen LogP contribution in [-0.4, -0.2) is 25.9 Å². The van der Waals surface area contributed by atoms with E-state index in [-0.39, 0.29) is 0 Å². The fraction of sp³-hybridized carbons (Fsp3) is 0. The summed E-state index contributed by atoms with van der Waals surface area (Å²) >= 11 is 0. The van der Waals surface area contributed by atoms with Crippen molar-refractivity contribution in [3.05, 3.63) is 24.3 Å². The molecule has 0 fully saturated rings. The number of rotatable bonds is 2. The SMILES string of the molecule is O=S(=O)(O)c1[c][c]cc(S(=O)(=O)O)c1. The molecule has 0 aromatic heterocycles. The molecule has 2 radical (unpaired) electrons. The molecule has 76 valence electrons. The summed E-state index contributed by atoms with van der Waals surface area (Å²) in [5.74, 6) is 0. The molecule has 2 N–H and O–H groups in total. The topological polar surface area (TPSA) is 109 Å². The molecule has 1 rings (SSSR count). The lowest BCUT2D eigenvalue weighted by Crippen LogP contribution is -2.03. The molecule has 14 heavy (non-hydrogen) atoms. The number of hydrogen-bond donors (Lipinski definition) is 2. The molecule has 0 saturated carbocycles. The van der Waals surface area contributed by atoms with Gasteiger partial charge in [-0.15, -0.1) is 0 Å². The molecule has 1 aromatic carbocycles. The van der Waals surface area contributed by atoms with Gasteiger partial charge in [0.2, 0.25) is 0 Å². The zero-order valence-electron chi connectivity index (χ0n) is 6.50. The summed E-state index contributed by atoms with van der Waals surface area (Å²) < 4.78 is 59.3. The largest absolute Gasteiger partial charge is 0.295 e. The van der Waals surface area contributed by atoms with E-state index in [1.807, 2.05) is 12.1 Å². The summed E-state index contributed by atoms with van der Waals surface area (Å²) in [6, 6.07) is 5.42. The highest BCUT2D eigenvalue weighted by molar-refractivity contribution is 7.86. The Hall–Kier alpha value is -0.960. The average Bonchev–Trinajstić information content (AvgIpc) is 2.01. The Morgan fingerprint density at radius 1 is 1.07 bits per heavy atom. The number of benzene rings is 1. The predicted octanol–water partition coefficient (Wildman–Crippen LogP) is -0.220. The van der Waals surface area contributed by atoms with Crippen molar-refractivity contribution in [3.8, 4) is 0 Å². The van der Waals surface area contributed by atoms with Gasteiger partial charge in [-0.25, -0.2) is 0 Å². The van der Waals surface area contributed by atoms with Crippen LogP contribution >= 0.6 is 0 Å². The molecule has 6 nitrogen and oxygen atoms in total. The molecular weight excluding hydrogens is 232 g/mol. The molecule has 0 amide bonds. The first-order valence-electron chi connectivity index (χ1n) is 3.09. The molecular formula is C6H4O6S2. The zero-order valence-corrected chi connectivity index (χ0v) is 8.13. The van der Waals surface area contributed by atoms with Gasteiger partial charge >= 0.3 is 0 Å². The molecule has 0 heterocycles. The Morgan fingerprint density at radius 2 is 1.64 bits per heavy atom. The number of hydrogen-bond acceptors (Lipinski definition) is 4. The fourth-order valence-electron chi connectivity index (χ4n) is 0.673. The van der Waals surface area contributed by atoms with Gasteiger partial charge in [0.1, 0.15) is 4.90 Å². The van der Waals surface area contributed by atoms with Gasteiger partial charge in [0.05, 0.1) is 4.90 Å². The summed E-state index contributed by atoms with van der Waals surface area (Å²) in [6.45, 7) is 0. The standard InChI is InChI=1S/C6H4O6S2/c7-13(8,9)5-2-1-3-6(4-5)14(10,11)12/h2,4H,(H,7,8,9)(H,10,11,12). The van der Waals surface area contributed by atoms with Crippen LogP contribution in [0.15, 0.2) is 21.9 Å². The fourth-order valence-corrected chi connectivity index (χ4v) is 1.69. The van der Waals surface area contributed by atoms with Gasteiger partial charge in [-0.1, -0.05) is 0 Å². The third-order valence-corrected chi connectivity index (χ3v) is 2.87. The normalized spacial score (nSPS) is 12.7. The van der Waals surface area contributed by atoms with Crippen LogP contribution in [0.2, 0.25) is 0 Å². The van der Waals surface area contributed by atoms with Crippen LogP contribution in [-0.2, 0) is 20.2 Å². The lowest BCUT2D eigenvalue weighted by Gasteiger charge is -1.98. The van der Waals surface area contributed by atoms with Crippen LogP contribution in [0.4, 0.5) is 0 Å². The molecule has 0 aliphatic carbocycles. The van der Waals surface area contributed by atoms with Crippen molar-refractivity contribution < 1.29 is 25.9 Å². The highest BCUT2D eigenvalue weighted by atomic mass is 32.2. The highest BCUT2D eigenvalue weighted by Gasteiger charge is 2.15. The van der Waals surface area contributed by atoms with Gasteiger partial charge in [-0.3, -0.25) is 9.11 Å². The summed E-state index contributed by atoms with van der Waals surface area (Å²) in [5.41, 5.74) is 0. The van der Waals surface area contributed by atoms with Crippen LogP contribution in [0.3, 0.4) is 0 Å². The van der Waals surface area contributed by atoms with E-state index >= 15 is 0 Å². The Morgan fingerprint density at radius 3 is 2.07 bits per heavy atom. The maximum absolute atomic E-state index is 10.6. The summed E-state index contributed by atoms with van der Waals surface area (Å²) in [7, 11) is -9.06. The van der Waals surface area contributed by atoms with Crippen molar-refractivity contribution in [2.24, 2.45) is 0 Å². The van der Waals surface area contributed by atoms with Crippen molar-refractivity contribution in [2.75, 3.05) is 0 Å². The van der Waals surface area contributed by atoms with Crippen LogP contribution in [0.5, 0.6) is 0 Å². The summed E-state index contributed by atoms with van der Waals surface area (Å²) in [5, 5.41) is 0. The first-order valence-corrected chi connectivity index (χ1v) is 5.97. The monoisotopic (exact) mass is 236 g/mol. The third kappa shape index (κ3) is 2.51. The molecule has 0 saturated heterocycles. The van der Waals surface area contributed by atoms with E-state index in [1.165, 1.54) is 0 Å². The van der Waals surface area contributed by atoms with Crippen LogP contribution in [0.25, 0.3) is 0 Å². The van der Waals surface area contributed by atoms with Gasteiger partial charge in [0.25, 0.3) is 20.2 Å². The summed E-state index contributed by atoms with van der Waals surface area (Å²) in [4.78, 5) is -1.45. The molecule has 0 unspecified atom stereocenters. The zero-order chi connectivity index (χ0) is 11.0. The van der Waals surface area contributed by atoms with Gasteiger partial charge in [0, 0.05) is 6.07 Å². The van der Waals surface area contributed by atoms with E-state index in [1.54, 1.807) is 0 Å². The molecule has 8 heteroatoms. The smallest absolute Gasteiger partial charge is 0.282 e. The van der Waals surface area contributed by atoms with E-state index < -0.39 is 30.0 Å². The van der Waals surface area contributed by atoms with Crippen molar-refractivity contribution in [1.29, 1.82) is 0 Å². The average molecular weight is 236 g/mol. The second-order valence-corrected chi connectivity index (χ2v) is 5.09. The maximum Gasteiger partial charge on any atom is 0.295 e. The van der Waals surface area contributed by atoms with Crippen LogP contribution < -0.4 is 0 Å². The molecule has 0 aliphatic heterocycles. The van der Waals surface area contributed by atoms with Crippen molar-refractivity contribution in [3.63, 3.8) is 0 Å². The maximum atomic E-state index is 10.6.